The molecule has 2 aromatic carbocycles. The number of fused-ring (bicyclic) bond motifs is 1. The van der Waals surface area contributed by atoms with Crippen molar-refractivity contribution in [3.05, 3.63) is 65.3 Å². The highest BCUT2D eigenvalue weighted by Gasteiger charge is 2.29. The summed E-state index contributed by atoms with van der Waals surface area (Å²) in [5.41, 5.74) is 3.08. The van der Waals surface area contributed by atoms with Gasteiger partial charge in [0.15, 0.2) is 0 Å². The number of nitrogens with zero attached hydrogens (tertiary/aromatic N) is 3. The molecule has 1 saturated heterocycles. The average molecular weight is 444 g/mol. The predicted octanol–water partition coefficient (Wildman–Crippen LogP) is 4.91. The molecule has 1 aliphatic heterocycles. The summed E-state index contributed by atoms with van der Waals surface area (Å²) < 4.78 is 27.8. The molecule has 0 bridgehead atoms. The predicted molar refractivity (Wildman–Crippen MR) is 123 cm³/mol. The highest BCUT2D eigenvalue weighted by atomic mass is 35.5. The third-order valence-corrected chi connectivity index (χ3v) is 8.11. The van der Waals surface area contributed by atoms with Crippen molar-refractivity contribution in [2.45, 2.75) is 31.1 Å². The second-order valence-corrected chi connectivity index (χ2v) is 10.1. The van der Waals surface area contributed by atoms with Crippen LogP contribution in [0, 0.1) is 0 Å². The summed E-state index contributed by atoms with van der Waals surface area (Å²) in [5, 5.41) is 1.68. The van der Waals surface area contributed by atoms with Crippen LogP contribution in [-0.4, -0.2) is 43.9 Å². The van der Waals surface area contributed by atoms with E-state index in [1.807, 2.05) is 36.4 Å². The molecule has 1 aliphatic rings. The number of hydrogen-bond donors (Lipinski definition) is 0. The van der Waals surface area contributed by atoms with Crippen molar-refractivity contribution >= 4 is 38.2 Å². The molecule has 3 aromatic rings. The van der Waals surface area contributed by atoms with E-state index in [4.69, 9.17) is 11.6 Å². The minimum atomic E-state index is -3.49. The van der Waals surface area contributed by atoms with E-state index in [1.54, 1.807) is 22.6 Å². The number of halogens is 1. The molecule has 0 radical (unpaired) electrons. The van der Waals surface area contributed by atoms with Gasteiger partial charge in [-0.05, 0) is 54.3 Å². The van der Waals surface area contributed by atoms with E-state index in [1.165, 1.54) is 5.56 Å². The van der Waals surface area contributed by atoms with Crippen LogP contribution in [0.3, 0.4) is 0 Å². The van der Waals surface area contributed by atoms with Crippen molar-refractivity contribution < 1.29 is 8.42 Å². The molecule has 5 nitrogen and oxygen atoms in total. The quantitative estimate of drug-likeness (QED) is 0.562. The van der Waals surface area contributed by atoms with Gasteiger partial charge in [0.25, 0.3) is 0 Å². The zero-order valence-corrected chi connectivity index (χ0v) is 18.8. The number of rotatable bonds is 5. The van der Waals surface area contributed by atoms with Crippen LogP contribution in [0.25, 0.3) is 10.9 Å². The number of hydrogen-bond acceptors (Lipinski definition) is 4. The first-order chi connectivity index (χ1) is 14.4. The fraction of sp³-hybridized carbons (Fsp3) is 0.348. The number of piperazine rings is 1. The van der Waals surface area contributed by atoms with Gasteiger partial charge in [0.2, 0.25) is 10.0 Å². The number of benzene rings is 2. The number of anilines is 1. The molecule has 1 fully saturated rings. The lowest BCUT2D eigenvalue weighted by Crippen LogP contribution is -2.48. The highest BCUT2D eigenvalue weighted by molar-refractivity contribution is 7.89. The molecular formula is C23H26ClN3O2S. The Balaban J connectivity index is 1.50. The normalized spacial score (nSPS) is 16.7. The smallest absolute Gasteiger partial charge is 0.243 e. The second kappa shape index (κ2) is 8.53. The maximum atomic E-state index is 13.1. The Morgan fingerprint density at radius 3 is 2.40 bits per heavy atom. The lowest BCUT2D eigenvalue weighted by molar-refractivity contribution is 0.385. The van der Waals surface area contributed by atoms with E-state index in [0.717, 1.165) is 23.0 Å². The molecule has 0 saturated carbocycles. The lowest BCUT2D eigenvalue weighted by atomic mass is 9.99. The largest absolute Gasteiger partial charge is 0.368 e. The third-order valence-electron chi connectivity index (χ3n) is 5.96. The number of aromatic nitrogens is 1. The van der Waals surface area contributed by atoms with Crippen molar-refractivity contribution in [1.82, 2.24) is 9.29 Å². The molecule has 4 rings (SSSR count). The minimum absolute atomic E-state index is 0.368. The first-order valence-electron chi connectivity index (χ1n) is 10.3. The standard InChI is InChI=1S/C23H26ClN3O2S/c1-3-17(2)18-4-7-20(8-5-18)30(28,29)27-14-12-26(13-15-27)23-10-11-25-22-16-19(24)6-9-21(22)23/h4-11,16-17H,3,12-15H2,1-2H3/t17-/m0/s1. The number of pyridine rings is 1. The van der Waals surface area contributed by atoms with Crippen molar-refractivity contribution in [3.63, 3.8) is 0 Å². The van der Waals surface area contributed by atoms with Crippen LogP contribution in [0.5, 0.6) is 0 Å². The molecule has 0 spiro atoms. The summed E-state index contributed by atoms with van der Waals surface area (Å²) in [6.07, 6.45) is 2.81. The molecule has 1 aromatic heterocycles. The molecule has 0 amide bonds. The lowest BCUT2D eigenvalue weighted by Gasteiger charge is -2.35. The van der Waals surface area contributed by atoms with Crippen LogP contribution in [0.4, 0.5) is 5.69 Å². The molecule has 2 heterocycles. The van der Waals surface area contributed by atoms with Crippen molar-refractivity contribution in [3.8, 4) is 0 Å². The molecule has 0 N–H and O–H groups in total. The van der Waals surface area contributed by atoms with Crippen LogP contribution in [0.15, 0.2) is 59.6 Å². The van der Waals surface area contributed by atoms with Gasteiger partial charge in [-0.15, -0.1) is 0 Å². The summed E-state index contributed by atoms with van der Waals surface area (Å²) in [7, 11) is -3.49. The first-order valence-corrected chi connectivity index (χ1v) is 12.1. The monoisotopic (exact) mass is 443 g/mol. The van der Waals surface area contributed by atoms with Crippen LogP contribution in [-0.2, 0) is 10.0 Å². The van der Waals surface area contributed by atoms with E-state index in [9.17, 15) is 8.42 Å². The molecule has 7 heteroatoms. The van der Waals surface area contributed by atoms with Crippen LogP contribution in [0.2, 0.25) is 5.02 Å². The van der Waals surface area contributed by atoms with E-state index in [0.29, 0.717) is 42.0 Å². The zero-order valence-electron chi connectivity index (χ0n) is 17.3. The Labute approximate surface area is 183 Å². The van der Waals surface area contributed by atoms with Gasteiger partial charge >= 0.3 is 0 Å². The van der Waals surface area contributed by atoms with Gasteiger partial charge in [-0.3, -0.25) is 4.98 Å². The van der Waals surface area contributed by atoms with Crippen LogP contribution in [0.1, 0.15) is 31.7 Å². The van der Waals surface area contributed by atoms with Gasteiger partial charge in [-0.25, -0.2) is 8.42 Å². The van der Waals surface area contributed by atoms with Gasteiger partial charge < -0.3 is 4.90 Å². The SMILES string of the molecule is CC[C@H](C)c1ccc(S(=O)(=O)N2CCN(c3ccnc4cc(Cl)ccc34)CC2)cc1. The highest BCUT2D eigenvalue weighted by Crippen LogP contribution is 2.29. The van der Waals surface area contributed by atoms with E-state index in [2.05, 4.69) is 23.7 Å². The topological polar surface area (TPSA) is 53.5 Å². The maximum absolute atomic E-state index is 13.1. The molecular weight excluding hydrogens is 418 g/mol. The Morgan fingerprint density at radius 2 is 1.73 bits per heavy atom. The molecule has 30 heavy (non-hydrogen) atoms. The Bertz CT molecular complexity index is 1140. The van der Waals surface area contributed by atoms with Crippen molar-refractivity contribution in [1.29, 1.82) is 0 Å². The Kier molecular flexibility index (Phi) is 6.00. The first kappa shape index (κ1) is 21.1. The second-order valence-electron chi connectivity index (χ2n) is 7.76. The summed E-state index contributed by atoms with van der Waals surface area (Å²) in [4.78, 5) is 6.99. The van der Waals surface area contributed by atoms with Crippen LogP contribution < -0.4 is 4.90 Å². The van der Waals surface area contributed by atoms with E-state index >= 15 is 0 Å². The van der Waals surface area contributed by atoms with Crippen LogP contribution >= 0.6 is 11.6 Å². The minimum Gasteiger partial charge on any atom is -0.368 e. The van der Waals surface area contributed by atoms with Gasteiger partial charge in [-0.2, -0.15) is 4.31 Å². The van der Waals surface area contributed by atoms with Gasteiger partial charge in [-0.1, -0.05) is 37.6 Å². The van der Waals surface area contributed by atoms with E-state index in [-0.39, 0.29) is 0 Å². The molecule has 0 unspecified atom stereocenters. The summed E-state index contributed by atoms with van der Waals surface area (Å²) >= 11 is 6.09. The van der Waals surface area contributed by atoms with Gasteiger partial charge in [0.05, 0.1) is 10.4 Å². The Morgan fingerprint density at radius 1 is 1.03 bits per heavy atom. The van der Waals surface area contributed by atoms with Crippen molar-refractivity contribution in [2.24, 2.45) is 0 Å². The zero-order chi connectivity index (χ0) is 21.3. The Hall–Kier alpha value is -2.15. The fourth-order valence-electron chi connectivity index (χ4n) is 3.90. The van der Waals surface area contributed by atoms with Gasteiger partial charge in [0, 0.05) is 48.5 Å². The summed E-state index contributed by atoms with van der Waals surface area (Å²) in [6.45, 7) is 6.45. The van der Waals surface area contributed by atoms with Gasteiger partial charge in [0.1, 0.15) is 0 Å². The molecule has 0 aliphatic carbocycles. The number of sulfonamides is 1. The average Bonchev–Trinajstić information content (AvgIpc) is 2.78. The maximum Gasteiger partial charge on any atom is 0.243 e. The third kappa shape index (κ3) is 4.04. The summed E-state index contributed by atoms with van der Waals surface area (Å²) in [5.74, 6) is 0.426. The molecule has 1 atom stereocenters. The molecule has 158 valence electrons. The summed E-state index contributed by atoms with van der Waals surface area (Å²) in [6, 6.07) is 15.0. The fourth-order valence-corrected chi connectivity index (χ4v) is 5.49. The van der Waals surface area contributed by atoms with Crippen molar-refractivity contribution in [2.75, 3.05) is 31.1 Å². The van der Waals surface area contributed by atoms with E-state index < -0.39 is 10.0 Å².